The Hall–Kier alpha value is -3.99. The first kappa shape index (κ1) is 28.0. The van der Waals surface area contributed by atoms with Crippen LogP contribution in [0.2, 0.25) is 0 Å². The predicted octanol–water partition coefficient (Wildman–Crippen LogP) is 6.67. The van der Waals surface area contributed by atoms with Crippen molar-refractivity contribution >= 4 is 33.1 Å². The van der Waals surface area contributed by atoms with Crippen molar-refractivity contribution in [1.82, 2.24) is 0 Å². The molecule has 3 N–H and O–H groups in total. The summed E-state index contributed by atoms with van der Waals surface area (Å²) in [6.45, 7) is 0.528. The van der Waals surface area contributed by atoms with E-state index >= 15 is 0 Å². The molecule has 39 heavy (non-hydrogen) atoms. The summed E-state index contributed by atoms with van der Waals surface area (Å²) in [4.78, 5) is 22.5. The molecule has 11 heteroatoms. The van der Waals surface area contributed by atoms with Crippen LogP contribution >= 0.6 is 0 Å². The maximum absolute atomic E-state index is 13.3. The number of nitro groups is 1. The summed E-state index contributed by atoms with van der Waals surface area (Å²) >= 11 is 0. The van der Waals surface area contributed by atoms with Crippen molar-refractivity contribution in [3.8, 4) is 11.1 Å². The zero-order valence-corrected chi connectivity index (χ0v) is 22.0. The molecule has 0 heterocycles. The lowest BCUT2D eigenvalue weighted by Crippen LogP contribution is -2.16. The van der Waals surface area contributed by atoms with E-state index in [2.05, 4.69) is 10.0 Å². The standard InChI is InChI=1S/C28H30FN3O6S/c29-22-11-8-20(9-12-22)21-10-14-24(28(33)34)26(17-21)31-39(37,38)23-13-15-25(27(18-23)32(35)36)30-16-4-7-19-5-2-1-3-6-19/h8-15,17-19,30-31H,1-7,16H2,(H,33,34). The zero-order valence-electron chi connectivity index (χ0n) is 21.2. The summed E-state index contributed by atoms with van der Waals surface area (Å²) in [6.07, 6.45) is 8.11. The zero-order chi connectivity index (χ0) is 28.0. The third-order valence-electron chi connectivity index (χ3n) is 6.98. The molecule has 1 aliphatic rings. The maximum Gasteiger partial charge on any atom is 0.337 e. The molecule has 4 rings (SSSR count). The minimum atomic E-state index is -4.39. The van der Waals surface area contributed by atoms with E-state index in [1.165, 1.54) is 86.7 Å². The van der Waals surface area contributed by atoms with E-state index in [0.717, 1.165) is 18.9 Å². The second kappa shape index (κ2) is 12.2. The lowest BCUT2D eigenvalue weighted by atomic mass is 9.86. The second-order valence-electron chi connectivity index (χ2n) is 9.69. The number of nitrogens with zero attached hydrogens (tertiary/aromatic N) is 1. The van der Waals surface area contributed by atoms with E-state index in [-0.39, 0.29) is 21.8 Å². The van der Waals surface area contributed by atoms with Gasteiger partial charge in [-0.15, -0.1) is 0 Å². The second-order valence-corrected chi connectivity index (χ2v) is 11.4. The molecule has 0 radical (unpaired) electrons. The van der Waals surface area contributed by atoms with Crippen LogP contribution in [0.5, 0.6) is 0 Å². The van der Waals surface area contributed by atoms with Crippen LogP contribution in [0.15, 0.2) is 65.6 Å². The van der Waals surface area contributed by atoms with Crippen LogP contribution in [0, 0.1) is 21.8 Å². The highest BCUT2D eigenvalue weighted by atomic mass is 32.2. The normalized spacial score (nSPS) is 14.1. The molecule has 206 valence electrons. The van der Waals surface area contributed by atoms with Gasteiger partial charge in [0.2, 0.25) is 0 Å². The average Bonchev–Trinajstić information content (AvgIpc) is 2.91. The molecule has 1 aliphatic carbocycles. The summed E-state index contributed by atoms with van der Waals surface area (Å²) in [7, 11) is -4.39. The van der Waals surface area contributed by atoms with Gasteiger partial charge in [0.05, 0.1) is 21.1 Å². The molecule has 0 amide bonds. The molecule has 1 saturated carbocycles. The molecule has 0 aliphatic heterocycles. The molecule has 0 aromatic heterocycles. The fourth-order valence-corrected chi connectivity index (χ4v) is 6.00. The van der Waals surface area contributed by atoms with Crippen molar-refractivity contribution in [3.05, 3.63) is 82.2 Å². The maximum atomic E-state index is 13.3. The number of rotatable bonds is 11. The third-order valence-corrected chi connectivity index (χ3v) is 8.34. The van der Waals surface area contributed by atoms with E-state index < -0.39 is 32.4 Å². The number of carboxylic acids is 1. The Morgan fingerprint density at radius 2 is 1.67 bits per heavy atom. The summed E-state index contributed by atoms with van der Waals surface area (Å²) in [5, 5.41) is 24.4. The topological polar surface area (TPSA) is 139 Å². The monoisotopic (exact) mass is 555 g/mol. The van der Waals surface area contributed by atoms with Crippen molar-refractivity contribution in [2.24, 2.45) is 5.92 Å². The molecule has 3 aromatic rings. The number of aromatic carboxylic acids is 1. The quantitative estimate of drug-likeness (QED) is 0.136. The van der Waals surface area contributed by atoms with Gasteiger partial charge in [0, 0.05) is 12.6 Å². The minimum Gasteiger partial charge on any atom is -0.478 e. The van der Waals surface area contributed by atoms with Crippen molar-refractivity contribution in [2.45, 2.75) is 49.8 Å². The van der Waals surface area contributed by atoms with Gasteiger partial charge in [-0.05, 0) is 66.3 Å². The van der Waals surface area contributed by atoms with Crippen LogP contribution in [0.3, 0.4) is 0 Å². The van der Waals surface area contributed by atoms with E-state index in [4.69, 9.17) is 0 Å². The van der Waals surface area contributed by atoms with Crippen molar-refractivity contribution in [2.75, 3.05) is 16.6 Å². The Balaban J connectivity index is 1.54. The molecule has 0 unspecified atom stereocenters. The number of hydrogen-bond acceptors (Lipinski definition) is 6. The number of benzene rings is 3. The third kappa shape index (κ3) is 7.11. The van der Waals surface area contributed by atoms with Gasteiger partial charge in [0.25, 0.3) is 15.7 Å². The highest BCUT2D eigenvalue weighted by molar-refractivity contribution is 7.92. The first-order valence-electron chi connectivity index (χ1n) is 12.8. The Kier molecular flexibility index (Phi) is 8.80. The summed E-state index contributed by atoms with van der Waals surface area (Å²) in [6, 6.07) is 13.0. The lowest BCUT2D eigenvalue weighted by Gasteiger charge is -2.21. The van der Waals surface area contributed by atoms with E-state index in [1.54, 1.807) is 0 Å². The van der Waals surface area contributed by atoms with Crippen molar-refractivity contribution in [1.29, 1.82) is 0 Å². The SMILES string of the molecule is O=C(O)c1ccc(-c2ccc(F)cc2)cc1NS(=O)(=O)c1ccc(NCCCC2CCCCC2)c([N+](=O)[O-])c1. The Morgan fingerprint density at radius 3 is 2.33 bits per heavy atom. The Morgan fingerprint density at radius 1 is 0.974 bits per heavy atom. The van der Waals surface area contributed by atoms with Crippen LogP contribution < -0.4 is 10.0 Å². The van der Waals surface area contributed by atoms with Crippen LogP contribution in [0.4, 0.5) is 21.5 Å². The number of nitrogens with one attached hydrogen (secondary N) is 2. The molecule has 0 saturated heterocycles. The van der Waals surface area contributed by atoms with Gasteiger partial charge in [-0.3, -0.25) is 14.8 Å². The van der Waals surface area contributed by atoms with E-state index in [9.17, 15) is 32.8 Å². The molecule has 0 bridgehead atoms. The van der Waals surface area contributed by atoms with Crippen molar-refractivity contribution in [3.63, 3.8) is 0 Å². The van der Waals surface area contributed by atoms with Gasteiger partial charge in [0.15, 0.2) is 0 Å². The molecule has 0 atom stereocenters. The highest BCUT2D eigenvalue weighted by Crippen LogP contribution is 2.32. The first-order chi connectivity index (χ1) is 18.6. The van der Waals surface area contributed by atoms with E-state index in [1.807, 2.05) is 0 Å². The van der Waals surface area contributed by atoms with Gasteiger partial charge in [-0.25, -0.2) is 17.6 Å². The fourth-order valence-electron chi connectivity index (χ4n) is 4.91. The van der Waals surface area contributed by atoms with Crippen LogP contribution in [0.1, 0.15) is 55.3 Å². The molecule has 3 aromatic carbocycles. The Bertz CT molecular complexity index is 1450. The predicted molar refractivity (Wildman–Crippen MR) is 147 cm³/mol. The molecular formula is C28H30FN3O6S. The highest BCUT2D eigenvalue weighted by Gasteiger charge is 2.24. The van der Waals surface area contributed by atoms with Gasteiger partial charge in [-0.2, -0.15) is 0 Å². The van der Waals surface area contributed by atoms with Crippen molar-refractivity contribution < 1.29 is 27.6 Å². The molecule has 9 nitrogen and oxygen atoms in total. The molecule has 0 spiro atoms. The van der Waals surface area contributed by atoms with E-state index in [0.29, 0.717) is 23.6 Å². The average molecular weight is 556 g/mol. The minimum absolute atomic E-state index is 0.215. The largest absolute Gasteiger partial charge is 0.478 e. The lowest BCUT2D eigenvalue weighted by molar-refractivity contribution is -0.384. The number of anilines is 2. The number of halogens is 1. The van der Waals surface area contributed by atoms with Gasteiger partial charge >= 0.3 is 5.97 Å². The Labute approximate surface area is 226 Å². The summed E-state index contributed by atoms with van der Waals surface area (Å²) in [5.74, 6) is -1.13. The fraction of sp³-hybridized carbons (Fsp3) is 0.321. The van der Waals surface area contributed by atoms with Crippen LogP contribution in [0.25, 0.3) is 11.1 Å². The first-order valence-corrected chi connectivity index (χ1v) is 14.3. The number of carbonyl (C=O) groups is 1. The van der Waals surface area contributed by atoms with Gasteiger partial charge in [-0.1, -0.05) is 50.3 Å². The number of hydrogen-bond donors (Lipinski definition) is 3. The summed E-state index contributed by atoms with van der Waals surface area (Å²) in [5.41, 5.74) is 0.285. The smallest absolute Gasteiger partial charge is 0.337 e. The van der Waals surface area contributed by atoms with Crippen LogP contribution in [-0.2, 0) is 10.0 Å². The van der Waals surface area contributed by atoms with Crippen LogP contribution in [-0.4, -0.2) is 31.0 Å². The molecule has 1 fully saturated rings. The number of nitro benzene ring substituents is 1. The van der Waals surface area contributed by atoms with Gasteiger partial charge in [0.1, 0.15) is 11.5 Å². The number of sulfonamides is 1. The van der Waals surface area contributed by atoms with Gasteiger partial charge < -0.3 is 10.4 Å². The molecular weight excluding hydrogens is 525 g/mol. The number of carboxylic acid groups (broad SMARTS) is 1. The summed E-state index contributed by atoms with van der Waals surface area (Å²) < 4.78 is 42.0.